The van der Waals surface area contributed by atoms with Crippen molar-refractivity contribution in [3.8, 4) is 0 Å². The van der Waals surface area contributed by atoms with Crippen LogP contribution in [0.3, 0.4) is 0 Å². The Balaban J connectivity index is 2.76. The summed E-state index contributed by atoms with van der Waals surface area (Å²) in [5, 5.41) is 3.50. The first-order valence-electron chi connectivity index (χ1n) is 6.86. The number of hydrogen-bond acceptors (Lipinski definition) is 1. The van der Waals surface area contributed by atoms with Gasteiger partial charge in [0.25, 0.3) is 0 Å². The minimum Gasteiger partial charge on any atom is -0.314 e. The van der Waals surface area contributed by atoms with E-state index in [0.717, 1.165) is 12.5 Å². The number of benzene rings is 1. The highest BCUT2D eigenvalue weighted by Gasteiger charge is 2.13. The van der Waals surface area contributed by atoms with Gasteiger partial charge >= 0.3 is 0 Å². The van der Waals surface area contributed by atoms with Gasteiger partial charge in [-0.05, 0) is 42.9 Å². The molecule has 0 saturated heterocycles. The summed E-state index contributed by atoms with van der Waals surface area (Å²) in [7, 11) is 0. The lowest BCUT2D eigenvalue weighted by Gasteiger charge is -2.21. The fraction of sp³-hybridized carbons (Fsp3) is 0.625. The molecule has 0 saturated carbocycles. The number of likely N-dealkylation sites (N-methyl/N-ethyl adjacent to an activating group) is 1. The maximum Gasteiger partial charge on any atom is 0.0105 e. The Morgan fingerprint density at radius 2 is 1.82 bits per heavy atom. The zero-order valence-corrected chi connectivity index (χ0v) is 12.0. The third-order valence-corrected chi connectivity index (χ3v) is 3.40. The third kappa shape index (κ3) is 4.51. The molecule has 0 heterocycles. The van der Waals surface area contributed by atoms with Crippen molar-refractivity contribution in [1.82, 2.24) is 5.32 Å². The Morgan fingerprint density at radius 1 is 1.12 bits per heavy atom. The molecule has 1 rings (SSSR count). The van der Waals surface area contributed by atoms with E-state index >= 15 is 0 Å². The van der Waals surface area contributed by atoms with Gasteiger partial charge in [0, 0.05) is 6.04 Å². The van der Waals surface area contributed by atoms with Gasteiger partial charge in [-0.3, -0.25) is 0 Å². The molecule has 0 aromatic heterocycles. The monoisotopic (exact) mass is 233 g/mol. The normalized spacial score (nSPS) is 14.9. The van der Waals surface area contributed by atoms with Crippen LogP contribution in [-0.4, -0.2) is 12.6 Å². The molecule has 0 aliphatic heterocycles. The second-order valence-electron chi connectivity index (χ2n) is 5.48. The summed E-state index contributed by atoms with van der Waals surface area (Å²) in [6.07, 6.45) is 1.18. The van der Waals surface area contributed by atoms with Gasteiger partial charge in [0.1, 0.15) is 0 Å². The van der Waals surface area contributed by atoms with Crippen LogP contribution in [0.15, 0.2) is 24.3 Å². The van der Waals surface area contributed by atoms with Crippen molar-refractivity contribution in [3.05, 3.63) is 35.4 Å². The van der Waals surface area contributed by atoms with Crippen LogP contribution in [0.1, 0.15) is 51.7 Å². The van der Waals surface area contributed by atoms with Gasteiger partial charge in [0.2, 0.25) is 0 Å². The zero-order chi connectivity index (χ0) is 12.8. The Bertz CT molecular complexity index is 330. The fourth-order valence-corrected chi connectivity index (χ4v) is 2.26. The molecule has 0 spiro atoms. The molecule has 0 aliphatic rings. The molecule has 2 atom stereocenters. The van der Waals surface area contributed by atoms with Crippen LogP contribution in [-0.2, 0) is 6.42 Å². The van der Waals surface area contributed by atoms with Crippen molar-refractivity contribution >= 4 is 0 Å². The summed E-state index contributed by atoms with van der Waals surface area (Å²) in [6.45, 7) is 12.3. The average Bonchev–Trinajstić information content (AvgIpc) is 2.28. The highest BCUT2D eigenvalue weighted by molar-refractivity contribution is 5.27. The fourth-order valence-electron chi connectivity index (χ4n) is 2.26. The molecule has 0 amide bonds. The van der Waals surface area contributed by atoms with Crippen LogP contribution in [0, 0.1) is 5.92 Å². The molecule has 0 bridgehead atoms. The lowest BCUT2D eigenvalue weighted by atomic mass is 9.91. The smallest absolute Gasteiger partial charge is 0.0105 e. The van der Waals surface area contributed by atoms with Gasteiger partial charge in [-0.15, -0.1) is 0 Å². The summed E-state index contributed by atoms with van der Waals surface area (Å²) < 4.78 is 0. The van der Waals surface area contributed by atoms with Crippen LogP contribution < -0.4 is 5.32 Å². The second kappa shape index (κ2) is 6.80. The van der Waals surface area contributed by atoms with Gasteiger partial charge in [-0.25, -0.2) is 0 Å². The van der Waals surface area contributed by atoms with Crippen molar-refractivity contribution in [2.45, 2.75) is 53.0 Å². The van der Waals surface area contributed by atoms with E-state index < -0.39 is 0 Å². The predicted molar refractivity (Wildman–Crippen MR) is 76.5 cm³/mol. The Kier molecular flexibility index (Phi) is 5.70. The largest absolute Gasteiger partial charge is 0.314 e. The second-order valence-corrected chi connectivity index (χ2v) is 5.48. The van der Waals surface area contributed by atoms with Crippen molar-refractivity contribution in [3.63, 3.8) is 0 Å². The molecule has 0 aliphatic carbocycles. The molecular weight excluding hydrogens is 206 g/mol. The van der Waals surface area contributed by atoms with Crippen molar-refractivity contribution in [2.24, 2.45) is 5.92 Å². The first-order chi connectivity index (χ1) is 8.04. The van der Waals surface area contributed by atoms with Crippen molar-refractivity contribution in [1.29, 1.82) is 0 Å². The molecule has 1 N–H and O–H groups in total. The van der Waals surface area contributed by atoms with E-state index in [9.17, 15) is 0 Å². The quantitative estimate of drug-likeness (QED) is 0.783. The molecule has 2 unspecified atom stereocenters. The summed E-state index contributed by atoms with van der Waals surface area (Å²) in [4.78, 5) is 0. The van der Waals surface area contributed by atoms with E-state index in [-0.39, 0.29) is 0 Å². The van der Waals surface area contributed by atoms with Gasteiger partial charge in [0.15, 0.2) is 0 Å². The van der Waals surface area contributed by atoms with E-state index in [1.807, 2.05) is 0 Å². The highest BCUT2D eigenvalue weighted by atomic mass is 14.9. The predicted octanol–water partition coefficient (Wildman–Crippen LogP) is 3.99. The Labute approximate surface area is 107 Å². The maximum atomic E-state index is 3.50. The van der Waals surface area contributed by atoms with Crippen LogP contribution in [0.25, 0.3) is 0 Å². The summed E-state index contributed by atoms with van der Waals surface area (Å²) >= 11 is 0. The Hall–Kier alpha value is -0.820. The zero-order valence-electron chi connectivity index (χ0n) is 12.0. The summed E-state index contributed by atoms with van der Waals surface area (Å²) in [5.41, 5.74) is 2.92. The SMILES string of the molecule is CCNC(C)C(C)c1cccc(CC(C)C)c1. The number of hydrogen-bond donors (Lipinski definition) is 1. The minimum atomic E-state index is 0.536. The first kappa shape index (κ1) is 14.2. The van der Waals surface area contributed by atoms with Crippen molar-refractivity contribution < 1.29 is 0 Å². The van der Waals surface area contributed by atoms with Crippen LogP contribution in [0.4, 0.5) is 0 Å². The number of rotatable bonds is 6. The van der Waals surface area contributed by atoms with Gasteiger partial charge in [-0.1, -0.05) is 52.0 Å². The van der Waals surface area contributed by atoms with Gasteiger partial charge in [-0.2, -0.15) is 0 Å². The number of nitrogens with one attached hydrogen (secondary N) is 1. The first-order valence-corrected chi connectivity index (χ1v) is 6.86. The molecule has 1 aromatic rings. The molecule has 1 nitrogen and oxygen atoms in total. The minimum absolute atomic E-state index is 0.536. The molecule has 1 heteroatoms. The van der Waals surface area contributed by atoms with E-state index in [1.54, 1.807) is 0 Å². The lowest BCUT2D eigenvalue weighted by molar-refractivity contribution is 0.494. The van der Waals surface area contributed by atoms with Crippen LogP contribution in [0.5, 0.6) is 0 Å². The van der Waals surface area contributed by atoms with Crippen LogP contribution in [0.2, 0.25) is 0 Å². The van der Waals surface area contributed by atoms with Crippen LogP contribution >= 0.6 is 0 Å². The van der Waals surface area contributed by atoms with E-state index in [1.165, 1.54) is 17.5 Å². The molecule has 0 radical (unpaired) electrons. The van der Waals surface area contributed by atoms with Gasteiger partial charge in [0.05, 0.1) is 0 Å². The molecular formula is C16H27N. The summed E-state index contributed by atoms with van der Waals surface area (Å²) in [6, 6.07) is 9.60. The van der Waals surface area contributed by atoms with E-state index in [0.29, 0.717) is 12.0 Å². The molecule has 17 heavy (non-hydrogen) atoms. The molecule has 0 fully saturated rings. The highest BCUT2D eigenvalue weighted by Crippen LogP contribution is 2.21. The lowest BCUT2D eigenvalue weighted by Crippen LogP contribution is -2.30. The average molecular weight is 233 g/mol. The van der Waals surface area contributed by atoms with Gasteiger partial charge < -0.3 is 5.32 Å². The van der Waals surface area contributed by atoms with E-state index in [4.69, 9.17) is 0 Å². The van der Waals surface area contributed by atoms with E-state index in [2.05, 4.69) is 64.2 Å². The van der Waals surface area contributed by atoms with Crippen molar-refractivity contribution in [2.75, 3.05) is 6.54 Å². The summed E-state index contributed by atoms with van der Waals surface area (Å²) in [5.74, 6) is 1.30. The maximum absolute atomic E-state index is 3.50. The molecule has 1 aromatic carbocycles. The standard InChI is InChI=1S/C16H27N/c1-6-17-14(5)13(4)16-9-7-8-15(11-16)10-12(2)3/h7-9,11-14,17H,6,10H2,1-5H3. The molecule has 96 valence electrons. The Morgan fingerprint density at radius 3 is 2.41 bits per heavy atom. The third-order valence-electron chi connectivity index (χ3n) is 3.40. The topological polar surface area (TPSA) is 12.0 Å².